The molecule has 1 aromatic carbocycles. The number of benzene rings is 1. The molecule has 8 heteroatoms. The van der Waals surface area contributed by atoms with Gasteiger partial charge in [0, 0.05) is 28.4 Å². The highest BCUT2D eigenvalue weighted by atomic mass is 32.1. The second-order valence-corrected chi connectivity index (χ2v) is 11.1. The third-order valence-electron chi connectivity index (χ3n) is 5.49. The fourth-order valence-corrected chi connectivity index (χ4v) is 4.52. The van der Waals surface area contributed by atoms with Gasteiger partial charge in [0.15, 0.2) is 11.5 Å². The van der Waals surface area contributed by atoms with Gasteiger partial charge in [-0.15, -0.1) is 11.3 Å². The van der Waals surface area contributed by atoms with Crippen LogP contribution in [0.15, 0.2) is 30.3 Å². The van der Waals surface area contributed by atoms with E-state index in [-0.39, 0.29) is 24.0 Å². The van der Waals surface area contributed by atoms with Crippen molar-refractivity contribution in [3.63, 3.8) is 0 Å². The van der Waals surface area contributed by atoms with Gasteiger partial charge >= 0.3 is 6.03 Å². The van der Waals surface area contributed by atoms with Crippen LogP contribution < -0.4 is 14.8 Å². The third-order valence-corrected chi connectivity index (χ3v) is 6.48. The maximum absolute atomic E-state index is 13.5. The Hall–Kier alpha value is -2.74. The molecule has 0 aliphatic heterocycles. The van der Waals surface area contributed by atoms with Crippen molar-refractivity contribution in [1.82, 2.24) is 15.1 Å². The number of unbranched alkanes of at least 4 members (excludes halogenated alkanes) is 1. The molecule has 0 spiro atoms. The molecule has 0 saturated heterocycles. The zero-order valence-corrected chi connectivity index (χ0v) is 23.1. The number of nitrogens with zero attached hydrogens (tertiary/aromatic N) is 2. The summed E-state index contributed by atoms with van der Waals surface area (Å²) in [5.41, 5.74) is 0.683. The highest BCUT2D eigenvalue weighted by molar-refractivity contribution is 7.11. The van der Waals surface area contributed by atoms with Crippen LogP contribution in [0, 0.1) is 6.92 Å². The van der Waals surface area contributed by atoms with Crippen LogP contribution in [0.2, 0.25) is 0 Å². The van der Waals surface area contributed by atoms with Crippen LogP contribution in [0.1, 0.15) is 55.9 Å². The number of aryl methyl sites for hydroxylation is 1. The lowest BCUT2D eigenvalue weighted by atomic mass is 10.1. The number of rotatable bonds is 12. The number of carbonyl (C=O) groups is 2. The molecule has 0 atom stereocenters. The number of carbonyl (C=O) groups excluding carboxylic acids is 2. The van der Waals surface area contributed by atoms with Crippen molar-refractivity contribution in [2.75, 3.05) is 33.9 Å². The van der Waals surface area contributed by atoms with Gasteiger partial charge in [0.1, 0.15) is 6.54 Å². The lowest BCUT2D eigenvalue weighted by Gasteiger charge is -2.30. The molecule has 0 saturated carbocycles. The topological polar surface area (TPSA) is 71.1 Å². The Morgan fingerprint density at radius 2 is 1.71 bits per heavy atom. The molecule has 1 aromatic heterocycles. The summed E-state index contributed by atoms with van der Waals surface area (Å²) in [6.07, 6.45) is 2.46. The van der Waals surface area contributed by atoms with Crippen LogP contribution in [0.4, 0.5) is 4.79 Å². The van der Waals surface area contributed by atoms with Gasteiger partial charge in [-0.2, -0.15) is 0 Å². The molecule has 3 amide bonds. The summed E-state index contributed by atoms with van der Waals surface area (Å²) < 4.78 is 10.8. The average molecular weight is 504 g/mol. The lowest BCUT2D eigenvalue weighted by molar-refractivity contribution is -0.132. The Labute approximate surface area is 214 Å². The van der Waals surface area contributed by atoms with Crippen molar-refractivity contribution in [3.8, 4) is 11.5 Å². The molecule has 0 unspecified atom stereocenters. The summed E-state index contributed by atoms with van der Waals surface area (Å²) >= 11 is 1.69. The van der Waals surface area contributed by atoms with E-state index in [9.17, 15) is 9.59 Å². The van der Waals surface area contributed by atoms with Gasteiger partial charge in [0.2, 0.25) is 5.91 Å². The van der Waals surface area contributed by atoms with Crippen LogP contribution in [-0.2, 0) is 17.8 Å². The first-order chi connectivity index (χ1) is 16.6. The zero-order valence-electron chi connectivity index (χ0n) is 22.3. The Morgan fingerprint density at radius 3 is 2.29 bits per heavy atom. The molecular formula is C27H41N3O4S. The van der Waals surface area contributed by atoms with Crippen LogP contribution in [0.3, 0.4) is 0 Å². The second-order valence-electron chi connectivity index (χ2n) is 9.72. The number of nitrogens with one attached hydrogen (secondary N) is 1. The van der Waals surface area contributed by atoms with Crippen molar-refractivity contribution in [2.45, 2.75) is 66.0 Å². The van der Waals surface area contributed by atoms with E-state index in [0.717, 1.165) is 23.3 Å². The molecule has 0 aliphatic carbocycles. The van der Waals surface area contributed by atoms with E-state index in [1.165, 1.54) is 4.88 Å². The fraction of sp³-hybridized carbons (Fsp3) is 0.556. The molecule has 0 aliphatic rings. The van der Waals surface area contributed by atoms with E-state index in [2.05, 4.69) is 31.3 Å². The highest BCUT2D eigenvalue weighted by Gasteiger charge is 2.24. The van der Waals surface area contributed by atoms with E-state index in [4.69, 9.17) is 9.47 Å². The maximum Gasteiger partial charge on any atom is 0.318 e. The zero-order chi connectivity index (χ0) is 26.0. The number of hydrogen-bond acceptors (Lipinski definition) is 5. The van der Waals surface area contributed by atoms with Crippen molar-refractivity contribution < 1.29 is 19.1 Å². The van der Waals surface area contributed by atoms with E-state index < -0.39 is 0 Å². The third kappa shape index (κ3) is 9.43. The van der Waals surface area contributed by atoms with Crippen LogP contribution in [0.5, 0.6) is 11.5 Å². The number of amides is 3. The molecule has 2 rings (SSSR count). The van der Waals surface area contributed by atoms with Crippen LogP contribution >= 0.6 is 11.3 Å². The Balaban J connectivity index is 2.19. The number of methoxy groups -OCH3 is 2. The molecule has 0 bridgehead atoms. The first kappa shape index (κ1) is 28.5. The van der Waals surface area contributed by atoms with Crippen LogP contribution in [0.25, 0.3) is 0 Å². The minimum atomic E-state index is -0.369. The molecule has 194 valence electrons. The smallest absolute Gasteiger partial charge is 0.318 e. The maximum atomic E-state index is 13.5. The van der Waals surface area contributed by atoms with E-state index in [1.807, 2.05) is 43.9 Å². The number of urea groups is 1. The number of ether oxygens (including phenoxy) is 2. The normalized spacial score (nSPS) is 11.2. The van der Waals surface area contributed by atoms with Gasteiger partial charge in [-0.05, 0) is 70.4 Å². The van der Waals surface area contributed by atoms with Crippen molar-refractivity contribution in [1.29, 1.82) is 0 Å². The molecule has 0 radical (unpaired) electrons. The van der Waals surface area contributed by atoms with Crippen molar-refractivity contribution >= 4 is 23.3 Å². The first-order valence-electron chi connectivity index (χ1n) is 12.2. The van der Waals surface area contributed by atoms with Gasteiger partial charge in [-0.3, -0.25) is 4.79 Å². The average Bonchev–Trinajstić information content (AvgIpc) is 3.22. The molecule has 1 heterocycles. The second kappa shape index (κ2) is 13.4. The molecule has 7 nitrogen and oxygen atoms in total. The molecular weight excluding hydrogens is 462 g/mol. The monoisotopic (exact) mass is 503 g/mol. The first-order valence-corrected chi connectivity index (χ1v) is 13.0. The summed E-state index contributed by atoms with van der Waals surface area (Å²) in [4.78, 5) is 32.3. The van der Waals surface area contributed by atoms with Gasteiger partial charge in [0.05, 0.1) is 20.8 Å². The van der Waals surface area contributed by atoms with Gasteiger partial charge in [-0.1, -0.05) is 19.4 Å². The molecule has 0 fully saturated rings. The fourth-order valence-electron chi connectivity index (χ4n) is 3.61. The van der Waals surface area contributed by atoms with E-state index in [1.54, 1.807) is 30.5 Å². The van der Waals surface area contributed by atoms with Crippen LogP contribution in [-0.4, -0.2) is 61.1 Å². The predicted octanol–water partition coefficient (Wildman–Crippen LogP) is 5.26. The number of thiophene rings is 1. The Morgan fingerprint density at radius 1 is 1.00 bits per heavy atom. The summed E-state index contributed by atoms with van der Waals surface area (Å²) in [6.45, 7) is 11.6. The molecule has 1 N–H and O–H groups in total. The Bertz CT molecular complexity index is 968. The highest BCUT2D eigenvalue weighted by Crippen LogP contribution is 2.28. The van der Waals surface area contributed by atoms with E-state index >= 15 is 0 Å². The Kier molecular flexibility index (Phi) is 10.9. The number of hydrogen-bond donors (Lipinski definition) is 1. The molecule has 2 aromatic rings. The largest absolute Gasteiger partial charge is 0.493 e. The van der Waals surface area contributed by atoms with Gasteiger partial charge in [0.25, 0.3) is 0 Å². The van der Waals surface area contributed by atoms with Gasteiger partial charge in [-0.25, -0.2) is 4.79 Å². The molecule has 35 heavy (non-hydrogen) atoms. The summed E-state index contributed by atoms with van der Waals surface area (Å²) in [7, 11) is 3.23. The van der Waals surface area contributed by atoms with Crippen molar-refractivity contribution in [3.05, 3.63) is 45.6 Å². The summed E-state index contributed by atoms with van der Waals surface area (Å²) in [6, 6.07) is 9.75. The van der Waals surface area contributed by atoms with E-state index in [0.29, 0.717) is 37.6 Å². The minimum absolute atomic E-state index is 0.0538. The quantitative estimate of drug-likeness (QED) is 0.429. The standard InChI is InChI=1S/C27H41N3O4S/c1-8-9-15-30(26(32)28-27(3,4)5)19-25(31)29(18-22-12-10-20(2)35-22)16-14-21-11-13-23(33-6)24(17-21)34-7/h10-13,17H,8-9,14-16,18-19H2,1-7H3,(H,28,32). The lowest BCUT2D eigenvalue weighted by Crippen LogP contribution is -2.52. The minimum Gasteiger partial charge on any atom is -0.493 e. The van der Waals surface area contributed by atoms with Gasteiger partial charge < -0.3 is 24.6 Å². The SMILES string of the molecule is CCCCN(CC(=O)N(CCc1ccc(OC)c(OC)c1)Cc1ccc(C)s1)C(=O)NC(C)(C)C. The van der Waals surface area contributed by atoms with Crippen molar-refractivity contribution in [2.24, 2.45) is 0 Å². The summed E-state index contributed by atoms with van der Waals surface area (Å²) in [5, 5.41) is 3.00. The summed E-state index contributed by atoms with van der Waals surface area (Å²) in [5.74, 6) is 1.28. The predicted molar refractivity (Wildman–Crippen MR) is 142 cm³/mol.